The minimum atomic E-state index is -5.90. The van der Waals surface area contributed by atoms with E-state index >= 15 is 8.78 Å². The Hall–Kier alpha value is -1.63. The number of aliphatic hydroxyl groups is 2. The average molecular weight is 671 g/mol. The van der Waals surface area contributed by atoms with Crippen molar-refractivity contribution in [3.63, 3.8) is 0 Å². The molecule has 0 unspecified atom stereocenters. The van der Waals surface area contributed by atoms with E-state index in [1.54, 1.807) is 0 Å². The van der Waals surface area contributed by atoms with E-state index in [9.17, 15) is 23.4 Å². The third kappa shape index (κ3) is 5.07. The number of halogens is 5. The van der Waals surface area contributed by atoms with E-state index in [0.717, 1.165) is 22.3 Å². The van der Waals surface area contributed by atoms with Crippen LogP contribution < -0.4 is 0 Å². The maximum absolute atomic E-state index is 15.4. The molecule has 3 saturated carbocycles. The largest absolute Gasteiger partial charge is 0.456 e. The summed E-state index contributed by atoms with van der Waals surface area (Å²) in [5.74, 6) is -8.50. The highest BCUT2D eigenvalue weighted by Gasteiger charge is 2.79. The molecule has 2 aliphatic heterocycles. The lowest BCUT2D eigenvalue weighted by molar-refractivity contribution is -0.362. The first-order valence-electron chi connectivity index (χ1n) is 17.0. The Kier molecular flexibility index (Phi) is 7.53. The van der Waals surface area contributed by atoms with E-state index in [1.807, 2.05) is 38.1 Å². The van der Waals surface area contributed by atoms with Crippen LogP contribution >= 0.6 is 0 Å². The molecule has 6 nitrogen and oxygen atoms in total. The summed E-state index contributed by atoms with van der Waals surface area (Å²) in [6.07, 6.45) is -4.98. The number of alkyl halides is 5. The smallest absolute Gasteiger partial charge is 0.385 e. The number of hydrogen-bond donors (Lipinski definition) is 2. The molecule has 4 aliphatic carbocycles. The summed E-state index contributed by atoms with van der Waals surface area (Å²) in [7, 11) is 0. The van der Waals surface area contributed by atoms with Gasteiger partial charge in [-0.05, 0) is 80.9 Å². The van der Waals surface area contributed by atoms with Crippen molar-refractivity contribution in [2.45, 2.75) is 133 Å². The summed E-state index contributed by atoms with van der Waals surface area (Å²) in [6, 6.07) is 7.54. The summed E-state index contributed by atoms with van der Waals surface area (Å²) in [6.45, 7) is 10.6. The topological polar surface area (TPSA) is 77.4 Å². The Labute approximate surface area is 273 Å². The van der Waals surface area contributed by atoms with Crippen molar-refractivity contribution in [3.8, 4) is 0 Å². The molecule has 7 atom stereocenters. The summed E-state index contributed by atoms with van der Waals surface area (Å²) in [4.78, 5) is 0. The second-order valence-electron chi connectivity index (χ2n) is 16.7. The molecule has 47 heavy (non-hydrogen) atoms. The van der Waals surface area contributed by atoms with Crippen LogP contribution in [0.5, 0.6) is 0 Å². The van der Waals surface area contributed by atoms with Crippen LogP contribution in [0, 0.1) is 22.7 Å². The highest BCUT2D eigenvalue weighted by atomic mass is 19.4. The maximum atomic E-state index is 15.4. The first-order valence-corrected chi connectivity index (χ1v) is 17.0. The van der Waals surface area contributed by atoms with Gasteiger partial charge in [0.15, 0.2) is 11.6 Å². The van der Waals surface area contributed by atoms with Gasteiger partial charge in [-0.1, -0.05) is 50.6 Å². The molecule has 0 radical (unpaired) electrons. The molecule has 5 fully saturated rings. The van der Waals surface area contributed by atoms with E-state index in [-0.39, 0.29) is 36.7 Å². The zero-order valence-electron chi connectivity index (χ0n) is 27.8. The molecule has 2 saturated heterocycles. The molecular weight excluding hydrogens is 623 g/mol. The number of hydrogen-bond acceptors (Lipinski definition) is 6. The SMILES string of the molecule is CC1(C)COC2(CCC3=C4[C@@H](CC[C@@]3(O)C2)[C@@H]2CC[C@@](O)(C(F)(F)C(F)(F)F)[C@@]2(C)C[C@@H]4c2ccc([C@@H]3COC(C)(C)O3)cc2)OC1. The van der Waals surface area contributed by atoms with Crippen molar-refractivity contribution >= 4 is 0 Å². The Morgan fingerprint density at radius 3 is 2.04 bits per heavy atom. The molecule has 6 aliphatic rings. The number of allylic oxidation sites excluding steroid dienone is 1. The van der Waals surface area contributed by atoms with E-state index < -0.39 is 58.5 Å². The lowest BCUT2D eigenvalue weighted by Gasteiger charge is -2.59. The Bertz CT molecular complexity index is 1430. The summed E-state index contributed by atoms with van der Waals surface area (Å²) >= 11 is 0. The normalized spacial score (nSPS) is 41.0. The van der Waals surface area contributed by atoms with E-state index in [1.165, 1.54) is 6.92 Å². The minimum Gasteiger partial charge on any atom is -0.385 e. The van der Waals surface area contributed by atoms with E-state index in [2.05, 4.69) is 13.8 Å². The Balaban J connectivity index is 1.30. The van der Waals surface area contributed by atoms with Gasteiger partial charge in [0.1, 0.15) is 11.7 Å². The fourth-order valence-corrected chi connectivity index (χ4v) is 10.1. The summed E-state index contributed by atoms with van der Waals surface area (Å²) < 4.78 is 97.0. The van der Waals surface area contributed by atoms with Crippen LogP contribution in [0.2, 0.25) is 0 Å². The van der Waals surface area contributed by atoms with Gasteiger partial charge in [0.25, 0.3) is 0 Å². The lowest BCUT2D eigenvalue weighted by Crippen LogP contribution is -2.65. The molecule has 262 valence electrons. The molecule has 0 amide bonds. The van der Waals surface area contributed by atoms with E-state index in [0.29, 0.717) is 45.5 Å². The summed E-state index contributed by atoms with van der Waals surface area (Å²) in [5.41, 5.74) is -3.03. The van der Waals surface area contributed by atoms with Crippen LogP contribution in [0.15, 0.2) is 35.4 Å². The third-order valence-corrected chi connectivity index (χ3v) is 12.6. The summed E-state index contributed by atoms with van der Waals surface area (Å²) in [5, 5.41) is 23.9. The molecule has 0 aromatic heterocycles. The Morgan fingerprint density at radius 2 is 1.45 bits per heavy atom. The van der Waals surface area contributed by atoms with Gasteiger partial charge in [-0.15, -0.1) is 0 Å². The third-order valence-electron chi connectivity index (χ3n) is 12.6. The highest BCUT2D eigenvalue weighted by molar-refractivity contribution is 5.45. The van der Waals surface area contributed by atoms with Gasteiger partial charge in [-0.3, -0.25) is 0 Å². The number of benzene rings is 1. The maximum Gasteiger partial charge on any atom is 0.456 e. The number of ether oxygens (including phenoxy) is 4. The van der Waals surface area contributed by atoms with Crippen molar-refractivity contribution in [1.29, 1.82) is 0 Å². The molecule has 7 rings (SSSR count). The van der Waals surface area contributed by atoms with Gasteiger partial charge < -0.3 is 29.2 Å². The first-order chi connectivity index (χ1) is 21.7. The number of rotatable bonds is 3. The zero-order valence-corrected chi connectivity index (χ0v) is 27.8. The van der Waals surface area contributed by atoms with Crippen molar-refractivity contribution in [1.82, 2.24) is 0 Å². The van der Waals surface area contributed by atoms with Crippen LogP contribution in [0.1, 0.15) is 109 Å². The van der Waals surface area contributed by atoms with E-state index in [4.69, 9.17) is 18.9 Å². The average Bonchev–Trinajstić information content (AvgIpc) is 3.49. The van der Waals surface area contributed by atoms with Gasteiger partial charge in [0.05, 0.1) is 25.4 Å². The second kappa shape index (κ2) is 10.4. The van der Waals surface area contributed by atoms with Crippen LogP contribution in [-0.4, -0.2) is 64.9 Å². The lowest BCUT2D eigenvalue weighted by atomic mass is 9.49. The van der Waals surface area contributed by atoms with Crippen LogP contribution in [0.3, 0.4) is 0 Å². The van der Waals surface area contributed by atoms with Crippen LogP contribution in [0.4, 0.5) is 22.0 Å². The molecule has 1 spiro atoms. The minimum absolute atomic E-state index is 0.0459. The Morgan fingerprint density at radius 1 is 0.809 bits per heavy atom. The molecular formula is C36H47F5O6. The standard InChI is InChI=1S/C36H47F5O6/c1-29(2)19-45-33(46-20-29)14-11-26-28-23(10-13-32(26,42)18-33)25-12-15-34(43,35(37,38)36(39,40)41)31(25,5)16-24(28)21-6-8-22(9-7-21)27-17-44-30(3,4)47-27/h6-9,23-25,27,42-43H,10-20H2,1-5H3/t23-,24+,25-,27-,31-,32+,34-/m0/s1. The zero-order chi connectivity index (χ0) is 34.1. The van der Waals surface area contributed by atoms with Crippen LogP contribution in [0.25, 0.3) is 0 Å². The molecule has 2 heterocycles. The monoisotopic (exact) mass is 670 g/mol. The van der Waals surface area contributed by atoms with Gasteiger partial charge >= 0.3 is 12.1 Å². The fraction of sp³-hybridized carbons (Fsp3) is 0.778. The number of fused-ring (bicyclic) bond motifs is 4. The first kappa shape index (κ1) is 33.8. The van der Waals surface area contributed by atoms with Crippen molar-refractivity contribution in [2.75, 3.05) is 19.8 Å². The molecule has 11 heteroatoms. The van der Waals surface area contributed by atoms with Crippen LogP contribution in [-0.2, 0) is 18.9 Å². The fourth-order valence-electron chi connectivity index (χ4n) is 10.1. The second-order valence-corrected chi connectivity index (χ2v) is 16.7. The van der Waals surface area contributed by atoms with Gasteiger partial charge in [0, 0.05) is 29.6 Å². The van der Waals surface area contributed by atoms with Gasteiger partial charge in [-0.25, -0.2) is 0 Å². The molecule has 1 aromatic carbocycles. The predicted octanol–water partition coefficient (Wildman–Crippen LogP) is 7.73. The van der Waals surface area contributed by atoms with Crippen molar-refractivity contribution < 1.29 is 51.1 Å². The highest BCUT2D eigenvalue weighted by Crippen LogP contribution is 2.71. The predicted molar refractivity (Wildman–Crippen MR) is 161 cm³/mol. The molecule has 1 aromatic rings. The quantitative estimate of drug-likeness (QED) is 0.253. The molecule has 2 N–H and O–H groups in total. The molecule has 0 bridgehead atoms. The van der Waals surface area contributed by atoms with Gasteiger partial charge in [-0.2, -0.15) is 22.0 Å². The van der Waals surface area contributed by atoms with Crippen molar-refractivity contribution in [3.05, 3.63) is 46.5 Å². The van der Waals surface area contributed by atoms with Gasteiger partial charge in [0.2, 0.25) is 0 Å². The van der Waals surface area contributed by atoms with Crippen molar-refractivity contribution in [2.24, 2.45) is 22.7 Å².